The van der Waals surface area contributed by atoms with Gasteiger partial charge in [-0.15, -0.1) is 0 Å². The van der Waals surface area contributed by atoms with Gasteiger partial charge in [-0.05, 0) is 6.07 Å². The number of nitrogens with zero attached hydrogens (tertiary/aromatic N) is 2. The molecular formula is C12H11N3O2. The second-order valence-corrected chi connectivity index (χ2v) is 3.42. The first kappa shape index (κ1) is 11.0. The summed E-state index contributed by atoms with van der Waals surface area (Å²) in [5.41, 5.74) is 7.30. The molecule has 0 saturated heterocycles. The first-order chi connectivity index (χ1) is 8.21. The lowest BCUT2D eigenvalue weighted by Crippen LogP contribution is -1.96. The Balaban J connectivity index is 2.80. The van der Waals surface area contributed by atoms with Gasteiger partial charge in [0.05, 0.1) is 31.0 Å². The van der Waals surface area contributed by atoms with Gasteiger partial charge in [-0.1, -0.05) is 0 Å². The number of methoxy groups -OCH3 is 2. The minimum absolute atomic E-state index is 0.352. The number of nitrogen functional groups attached to an aromatic ring is 1. The van der Waals surface area contributed by atoms with Crippen LogP contribution >= 0.6 is 0 Å². The number of aromatic nitrogens is 1. The number of nitriles is 1. The summed E-state index contributed by atoms with van der Waals surface area (Å²) < 4.78 is 10.4. The van der Waals surface area contributed by atoms with Crippen LogP contribution in [0.5, 0.6) is 11.5 Å². The van der Waals surface area contributed by atoms with Gasteiger partial charge >= 0.3 is 0 Å². The summed E-state index contributed by atoms with van der Waals surface area (Å²) in [6, 6.07) is 5.44. The summed E-state index contributed by atoms with van der Waals surface area (Å²) in [4.78, 5) is 4.16. The van der Waals surface area contributed by atoms with Gasteiger partial charge in [-0.3, -0.25) is 4.98 Å². The molecule has 0 atom stereocenters. The summed E-state index contributed by atoms with van der Waals surface area (Å²) in [5.74, 6) is 1.14. The van der Waals surface area contributed by atoms with Crippen molar-refractivity contribution < 1.29 is 9.47 Å². The van der Waals surface area contributed by atoms with Gasteiger partial charge in [0.2, 0.25) is 0 Å². The molecule has 2 rings (SSSR count). The SMILES string of the molecule is COc1cc2ncc(C#N)c(N)c2cc1OC. The van der Waals surface area contributed by atoms with Crippen LogP contribution in [0.3, 0.4) is 0 Å². The molecule has 0 radical (unpaired) electrons. The first-order valence-corrected chi connectivity index (χ1v) is 4.91. The van der Waals surface area contributed by atoms with Crippen LogP contribution in [0.25, 0.3) is 10.9 Å². The van der Waals surface area contributed by atoms with E-state index in [2.05, 4.69) is 4.98 Å². The molecule has 0 spiro atoms. The maximum absolute atomic E-state index is 8.88. The molecule has 0 amide bonds. The lowest BCUT2D eigenvalue weighted by atomic mass is 10.1. The van der Waals surface area contributed by atoms with E-state index in [1.165, 1.54) is 6.20 Å². The smallest absolute Gasteiger partial charge is 0.162 e. The molecule has 1 heterocycles. The van der Waals surface area contributed by atoms with E-state index in [1.807, 2.05) is 6.07 Å². The summed E-state index contributed by atoms with van der Waals surface area (Å²) in [7, 11) is 3.10. The molecule has 0 bridgehead atoms. The van der Waals surface area contributed by atoms with Crippen molar-refractivity contribution in [1.82, 2.24) is 4.98 Å². The van der Waals surface area contributed by atoms with E-state index in [0.717, 1.165) is 0 Å². The Labute approximate surface area is 98.4 Å². The fourth-order valence-corrected chi connectivity index (χ4v) is 1.63. The monoisotopic (exact) mass is 229 g/mol. The number of hydrogen-bond donors (Lipinski definition) is 1. The Kier molecular flexibility index (Phi) is 2.71. The van der Waals surface area contributed by atoms with E-state index in [0.29, 0.717) is 33.7 Å². The fraction of sp³-hybridized carbons (Fsp3) is 0.167. The van der Waals surface area contributed by atoms with Crippen molar-refractivity contribution >= 4 is 16.6 Å². The van der Waals surface area contributed by atoms with Crippen LogP contribution in [0.4, 0.5) is 5.69 Å². The number of pyridine rings is 1. The molecule has 0 saturated carbocycles. The molecule has 0 fully saturated rings. The number of hydrogen-bond acceptors (Lipinski definition) is 5. The maximum Gasteiger partial charge on any atom is 0.162 e. The molecular weight excluding hydrogens is 218 g/mol. The molecule has 5 heteroatoms. The Morgan fingerprint density at radius 2 is 1.88 bits per heavy atom. The van der Waals surface area contributed by atoms with Gasteiger partial charge in [0, 0.05) is 17.6 Å². The molecule has 0 aliphatic rings. The number of fused-ring (bicyclic) bond motifs is 1. The van der Waals surface area contributed by atoms with Crippen molar-refractivity contribution in [2.45, 2.75) is 0 Å². The van der Waals surface area contributed by atoms with Crippen LogP contribution in [0.15, 0.2) is 18.3 Å². The Morgan fingerprint density at radius 1 is 1.24 bits per heavy atom. The average Bonchev–Trinajstić information content (AvgIpc) is 2.38. The first-order valence-electron chi connectivity index (χ1n) is 4.91. The van der Waals surface area contributed by atoms with Gasteiger partial charge in [-0.2, -0.15) is 5.26 Å². The van der Waals surface area contributed by atoms with Crippen molar-refractivity contribution in [2.24, 2.45) is 0 Å². The number of ether oxygens (including phenoxy) is 2. The minimum Gasteiger partial charge on any atom is -0.493 e. The molecule has 2 N–H and O–H groups in total. The van der Waals surface area contributed by atoms with E-state index in [1.54, 1.807) is 26.4 Å². The van der Waals surface area contributed by atoms with Gasteiger partial charge in [-0.25, -0.2) is 0 Å². The highest BCUT2D eigenvalue weighted by atomic mass is 16.5. The van der Waals surface area contributed by atoms with Crippen LogP contribution in [0, 0.1) is 11.3 Å². The normalized spacial score (nSPS) is 9.94. The highest BCUT2D eigenvalue weighted by Gasteiger charge is 2.11. The average molecular weight is 229 g/mol. The molecule has 2 aromatic rings. The van der Waals surface area contributed by atoms with Crippen molar-refractivity contribution in [3.8, 4) is 17.6 Å². The highest BCUT2D eigenvalue weighted by Crippen LogP contribution is 2.34. The Morgan fingerprint density at radius 3 is 2.47 bits per heavy atom. The summed E-state index contributed by atoms with van der Waals surface area (Å²) in [6.07, 6.45) is 1.45. The molecule has 1 aromatic carbocycles. The van der Waals surface area contributed by atoms with Crippen molar-refractivity contribution in [3.63, 3.8) is 0 Å². The molecule has 17 heavy (non-hydrogen) atoms. The van der Waals surface area contributed by atoms with Crippen LogP contribution < -0.4 is 15.2 Å². The molecule has 86 valence electrons. The van der Waals surface area contributed by atoms with Gasteiger partial charge in [0.1, 0.15) is 6.07 Å². The lowest BCUT2D eigenvalue weighted by molar-refractivity contribution is 0.356. The number of anilines is 1. The van der Waals surface area contributed by atoms with Crippen molar-refractivity contribution in [2.75, 3.05) is 20.0 Å². The lowest BCUT2D eigenvalue weighted by Gasteiger charge is -2.10. The van der Waals surface area contributed by atoms with Crippen LogP contribution in [0.1, 0.15) is 5.56 Å². The van der Waals surface area contributed by atoms with E-state index >= 15 is 0 Å². The van der Waals surface area contributed by atoms with Crippen molar-refractivity contribution in [3.05, 3.63) is 23.9 Å². The Hall–Kier alpha value is -2.48. The number of nitrogens with two attached hydrogens (primary N) is 1. The third-order valence-electron chi connectivity index (χ3n) is 2.54. The summed E-state index contributed by atoms with van der Waals surface area (Å²) in [6.45, 7) is 0. The van der Waals surface area contributed by atoms with Crippen molar-refractivity contribution in [1.29, 1.82) is 5.26 Å². The highest BCUT2D eigenvalue weighted by molar-refractivity contribution is 5.94. The van der Waals surface area contributed by atoms with Crippen LogP contribution in [-0.4, -0.2) is 19.2 Å². The maximum atomic E-state index is 8.88. The molecule has 0 unspecified atom stereocenters. The third kappa shape index (κ3) is 1.70. The van der Waals surface area contributed by atoms with E-state index < -0.39 is 0 Å². The van der Waals surface area contributed by atoms with E-state index in [4.69, 9.17) is 20.5 Å². The summed E-state index contributed by atoms with van der Waals surface area (Å²) >= 11 is 0. The number of benzene rings is 1. The largest absolute Gasteiger partial charge is 0.493 e. The quantitative estimate of drug-likeness (QED) is 0.847. The van der Waals surface area contributed by atoms with E-state index in [-0.39, 0.29) is 0 Å². The van der Waals surface area contributed by atoms with E-state index in [9.17, 15) is 0 Å². The second kappa shape index (κ2) is 4.18. The van der Waals surface area contributed by atoms with Gasteiger partial charge < -0.3 is 15.2 Å². The zero-order valence-electron chi connectivity index (χ0n) is 9.52. The molecule has 0 aliphatic heterocycles. The summed E-state index contributed by atoms with van der Waals surface area (Å²) in [5, 5.41) is 9.56. The molecule has 0 aliphatic carbocycles. The minimum atomic E-state index is 0.352. The molecule has 5 nitrogen and oxygen atoms in total. The van der Waals surface area contributed by atoms with Gasteiger partial charge in [0.25, 0.3) is 0 Å². The predicted molar refractivity (Wildman–Crippen MR) is 64.0 cm³/mol. The Bertz CT molecular complexity index is 617. The number of rotatable bonds is 2. The van der Waals surface area contributed by atoms with Crippen LogP contribution in [0.2, 0.25) is 0 Å². The fourth-order valence-electron chi connectivity index (χ4n) is 1.63. The zero-order valence-corrected chi connectivity index (χ0v) is 9.52. The topological polar surface area (TPSA) is 81.2 Å². The predicted octanol–water partition coefficient (Wildman–Crippen LogP) is 1.71. The molecule has 1 aromatic heterocycles. The van der Waals surface area contributed by atoms with Crippen LogP contribution in [-0.2, 0) is 0 Å². The second-order valence-electron chi connectivity index (χ2n) is 3.42. The third-order valence-corrected chi connectivity index (χ3v) is 2.54. The van der Waals surface area contributed by atoms with Gasteiger partial charge in [0.15, 0.2) is 11.5 Å². The standard InChI is InChI=1S/C12H11N3O2/c1-16-10-3-8-9(4-11(10)17-2)15-6-7(5-13)12(8)14/h3-4,6H,1-2H3,(H2,14,15). The zero-order chi connectivity index (χ0) is 12.4.